The van der Waals surface area contributed by atoms with E-state index in [0.717, 1.165) is 74.5 Å². The average molecular weight is 363 g/mol. The van der Waals surface area contributed by atoms with E-state index < -0.39 is 0 Å². The molecule has 2 saturated heterocycles. The lowest BCUT2D eigenvalue weighted by Gasteiger charge is -2.23. The lowest BCUT2D eigenvalue weighted by Crippen LogP contribution is -2.29. The minimum atomic E-state index is 0.283. The van der Waals surface area contributed by atoms with Gasteiger partial charge in [0.1, 0.15) is 18.0 Å². The Morgan fingerprint density at radius 1 is 1.24 bits per heavy atom. The Morgan fingerprint density at radius 3 is 2.84 bits per heavy atom. The molecule has 2 fully saturated rings. The molecular weight excluding hydrogens is 338 g/mol. The predicted octanol–water partition coefficient (Wildman–Crippen LogP) is 1.34. The summed E-state index contributed by atoms with van der Waals surface area (Å²) in [5, 5.41) is 21.6. The van der Waals surface area contributed by atoms with Crippen LogP contribution in [0.1, 0.15) is 43.3 Å². The summed E-state index contributed by atoms with van der Waals surface area (Å²) in [6.45, 7) is 3.84. The number of nitrogens with zero attached hydrogens (tertiary/aromatic N) is 6. The fraction of sp³-hybridized carbons (Fsp3) is 0.750. The van der Waals surface area contributed by atoms with Gasteiger partial charge in [0.25, 0.3) is 0 Å². The molecule has 2 aliphatic heterocycles. The molecule has 136 valence electrons. The summed E-state index contributed by atoms with van der Waals surface area (Å²) in [5.41, 5.74) is 0. The van der Waals surface area contributed by atoms with Crippen LogP contribution in [-0.2, 0) is 24.1 Å². The molecule has 0 bridgehead atoms. The molecule has 2 aliphatic rings. The van der Waals surface area contributed by atoms with Gasteiger partial charge in [0.15, 0.2) is 5.16 Å². The number of thioether (sulfide) groups is 1. The molecule has 0 saturated carbocycles. The average Bonchev–Trinajstić information content (AvgIpc) is 3.37. The molecule has 0 aromatic carbocycles. The third-order valence-corrected chi connectivity index (χ3v) is 5.96. The van der Waals surface area contributed by atoms with E-state index in [1.165, 1.54) is 0 Å². The summed E-state index contributed by atoms with van der Waals surface area (Å²) in [6.07, 6.45) is 6.53. The normalized spacial score (nSPS) is 21.9. The molecule has 0 radical (unpaired) electrons. The molecule has 0 spiro atoms. The lowest BCUT2D eigenvalue weighted by atomic mass is 9.97. The lowest BCUT2D eigenvalue weighted by molar-refractivity contribution is 0.0936. The van der Waals surface area contributed by atoms with Gasteiger partial charge in [0.2, 0.25) is 0 Å². The smallest absolute Gasteiger partial charge is 0.191 e. The summed E-state index contributed by atoms with van der Waals surface area (Å²) in [7, 11) is 1.97. The molecule has 2 aromatic rings. The molecule has 4 heterocycles. The maximum atomic E-state index is 5.87. The van der Waals surface area contributed by atoms with Crippen LogP contribution in [0.25, 0.3) is 0 Å². The van der Waals surface area contributed by atoms with Crippen molar-refractivity contribution in [2.75, 3.05) is 19.7 Å². The molecule has 4 rings (SSSR count). The summed E-state index contributed by atoms with van der Waals surface area (Å²) in [5.74, 6) is 3.30. The van der Waals surface area contributed by atoms with Crippen molar-refractivity contribution in [2.45, 2.75) is 55.2 Å². The van der Waals surface area contributed by atoms with Gasteiger partial charge in [-0.1, -0.05) is 11.8 Å². The zero-order valence-corrected chi connectivity index (χ0v) is 15.4. The number of ether oxygens (including phenoxy) is 1. The number of hydrogen-bond acceptors (Lipinski definition) is 7. The maximum absolute atomic E-state index is 5.87. The van der Waals surface area contributed by atoms with E-state index in [0.29, 0.717) is 5.92 Å². The first-order valence-corrected chi connectivity index (χ1v) is 10.0. The van der Waals surface area contributed by atoms with Crippen molar-refractivity contribution in [3.8, 4) is 0 Å². The highest BCUT2D eigenvalue weighted by Crippen LogP contribution is 2.30. The minimum Gasteiger partial charge on any atom is -0.376 e. The zero-order chi connectivity index (χ0) is 17.1. The van der Waals surface area contributed by atoms with E-state index >= 15 is 0 Å². The van der Waals surface area contributed by atoms with Gasteiger partial charge in [-0.05, 0) is 38.8 Å². The number of hydrogen-bond donors (Lipinski definition) is 1. The van der Waals surface area contributed by atoms with Gasteiger partial charge in [-0.2, -0.15) is 0 Å². The van der Waals surface area contributed by atoms with Gasteiger partial charge in [-0.25, -0.2) is 0 Å². The largest absolute Gasteiger partial charge is 0.376 e. The van der Waals surface area contributed by atoms with Crippen molar-refractivity contribution < 1.29 is 4.74 Å². The molecule has 0 aliphatic carbocycles. The van der Waals surface area contributed by atoms with Gasteiger partial charge in [0, 0.05) is 19.6 Å². The summed E-state index contributed by atoms with van der Waals surface area (Å²) >= 11 is 1.68. The van der Waals surface area contributed by atoms with Crippen molar-refractivity contribution in [3.05, 3.63) is 18.0 Å². The monoisotopic (exact) mass is 363 g/mol. The molecule has 25 heavy (non-hydrogen) atoms. The highest BCUT2D eigenvalue weighted by Gasteiger charge is 2.26. The Kier molecular flexibility index (Phi) is 5.33. The number of rotatable bonds is 6. The number of aryl methyl sites for hydroxylation is 1. The zero-order valence-electron chi connectivity index (χ0n) is 14.6. The molecule has 9 heteroatoms. The second-order valence-electron chi connectivity index (χ2n) is 6.76. The molecule has 0 amide bonds. The van der Waals surface area contributed by atoms with Crippen LogP contribution >= 0.6 is 11.8 Å². The van der Waals surface area contributed by atoms with Gasteiger partial charge < -0.3 is 19.2 Å². The van der Waals surface area contributed by atoms with Gasteiger partial charge in [-0.15, -0.1) is 20.4 Å². The van der Waals surface area contributed by atoms with E-state index in [9.17, 15) is 0 Å². The van der Waals surface area contributed by atoms with Gasteiger partial charge in [-0.3, -0.25) is 0 Å². The topological polar surface area (TPSA) is 82.7 Å². The molecular formula is C16H25N7OS. The van der Waals surface area contributed by atoms with Crippen LogP contribution in [0.4, 0.5) is 0 Å². The predicted molar refractivity (Wildman–Crippen MR) is 94.4 cm³/mol. The first-order valence-electron chi connectivity index (χ1n) is 9.02. The first kappa shape index (κ1) is 17.0. The fourth-order valence-electron chi connectivity index (χ4n) is 3.52. The van der Waals surface area contributed by atoms with Crippen molar-refractivity contribution in [3.63, 3.8) is 0 Å². The molecule has 1 unspecified atom stereocenters. The summed E-state index contributed by atoms with van der Waals surface area (Å²) in [6, 6.07) is 0. The summed E-state index contributed by atoms with van der Waals surface area (Å²) < 4.78 is 10.1. The van der Waals surface area contributed by atoms with Crippen LogP contribution in [0.3, 0.4) is 0 Å². The second kappa shape index (κ2) is 7.84. The highest BCUT2D eigenvalue weighted by atomic mass is 32.2. The Labute approximate surface area is 151 Å². The van der Waals surface area contributed by atoms with Crippen LogP contribution in [0.2, 0.25) is 0 Å². The van der Waals surface area contributed by atoms with Crippen LogP contribution in [0.15, 0.2) is 11.5 Å². The Bertz CT molecular complexity index is 688. The second-order valence-corrected chi connectivity index (χ2v) is 7.70. The number of nitrogens with one attached hydrogen (secondary N) is 1. The molecule has 1 N–H and O–H groups in total. The van der Waals surface area contributed by atoms with Crippen LogP contribution in [0, 0.1) is 0 Å². The Balaban J connectivity index is 1.53. The van der Waals surface area contributed by atoms with Crippen LogP contribution in [-0.4, -0.2) is 55.3 Å². The van der Waals surface area contributed by atoms with E-state index in [1.807, 2.05) is 11.6 Å². The highest BCUT2D eigenvalue weighted by molar-refractivity contribution is 7.98. The van der Waals surface area contributed by atoms with Crippen LogP contribution in [0.5, 0.6) is 0 Å². The standard InChI is InChI=1S/C16H25N7OS/c1-22-11-18-19-14(22)10-25-16-21-20-15(12-4-6-17-7-5-12)23(16)9-13-3-2-8-24-13/h11-13,17H,2-10H2,1H3. The SMILES string of the molecule is Cn1cnnc1CSc1nnc(C2CCNCC2)n1CC1CCCO1. The fourth-order valence-corrected chi connectivity index (χ4v) is 4.46. The van der Waals surface area contributed by atoms with E-state index in [-0.39, 0.29) is 6.10 Å². The quantitative estimate of drug-likeness (QED) is 0.776. The molecule has 1 atom stereocenters. The van der Waals surface area contributed by atoms with Crippen molar-refractivity contribution in [2.24, 2.45) is 7.05 Å². The minimum absolute atomic E-state index is 0.283. The maximum Gasteiger partial charge on any atom is 0.191 e. The van der Waals surface area contributed by atoms with Crippen molar-refractivity contribution in [1.29, 1.82) is 0 Å². The van der Waals surface area contributed by atoms with Crippen molar-refractivity contribution >= 4 is 11.8 Å². The summed E-state index contributed by atoms with van der Waals surface area (Å²) in [4.78, 5) is 0. The van der Waals surface area contributed by atoms with E-state index in [4.69, 9.17) is 4.74 Å². The third-order valence-electron chi connectivity index (χ3n) is 5.00. The molecule has 8 nitrogen and oxygen atoms in total. The number of piperidine rings is 1. The van der Waals surface area contributed by atoms with Crippen LogP contribution < -0.4 is 5.32 Å². The van der Waals surface area contributed by atoms with E-state index in [1.54, 1.807) is 18.1 Å². The van der Waals surface area contributed by atoms with Gasteiger partial charge >= 0.3 is 0 Å². The van der Waals surface area contributed by atoms with E-state index in [2.05, 4.69) is 30.3 Å². The third kappa shape index (κ3) is 3.88. The van der Waals surface area contributed by atoms with Gasteiger partial charge in [0.05, 0.1) is 18.4 Å². The van der Waals surface area contributed by atoms with Crippen molar-refractivity contribution in [1.82, 2.24) is 34.8 Å². The molecule has 2 aromatic heterocycles. The first-order chi connectivity index (χ1) is 12.3. The Morgan fingerprint density at radius 2 is 2.12 bits per heavy atom. The number of aromatic nitrogens is 6. The Hall–Kier alpha value is -1.45.